The first kappa shape index (κ1) is 22.4. The molecule has 2 rings (SSSR count). The van der Waals surface area contributed by atoms with E-state index in [1.165, 1.54) is 17.2 Å². The standard InChI is InChI=1S/C25H31NO3/c1-7-29-25-21(17(4)5)14-20(16(2)3)15-22(25)24-19(9-8-12-26-24)11-10-18(6)13-23(27)28/h8-17H,7H2,1-6H3,(H,27,28). The number of aromatic nitrogens is 1. The smallest absolute Gasteiger partial charge is 0.328 e. The van der Waals surface area contributed by atoms with Crippen LogP contribution in [0, 0.1) is 0 Å². The Labute approximate surface area is 174 Å². The molecule has 0 spiro atoms. The minimum atomic E-state index is -0.955. The maximum Gasteiger partial charge on any atom is 0.328 e. The van der Waals surface area contributed by atoms with Crippen molar-refractivity contribution in [2.45, 2.75) is 53.4 Å². The third kappa shape index (κ3) is 5.80. The summed E-state index contributed by atoms with van der Waals surface area (Å²) in [6.07, 6.45) is 6.67. The van der Waals surface area contributed by atoms with Crippen LogP contribution < -0.4 is 4.74 Å². The minimum absolute atomic E-state index is 0.317. The van der Waals surface area contributed by atoms with Crippen LogP contribution >= 0.6 is 0 Å². The Morgan fingerprint density at radius 1 is 1.21 bits per heavy atom. The zero-order valence-electron chi connectivity index (χ0n) is 18.2. The summed E-state index contributed by atoms with van der Waals surface area (Å²) < 4.78 is 6.10. The maximum absolute atomic E-state index is 10.9. The van der Waals surface area contributed by atoms with Gasteiger partial charge in [-0.1, -0.05) is 52.0 Å². The van der Waals surface area contributed by atoms with E-state index in [1.54, 1.807) is 19.2 Å². The number of aliphatic carboxylic acids is 1. The van der Waals surface area contributed by atoms with E-state index in [2.05, 4.69) is 44.8 Å². The number of pyridine rings is 1. The van der Waals surface area contributed by atoms with E-state index in [-0.39, 0.29) is 0 Å². The summed E-state index contributed by atoms with van der Waals surface area (Å²) >= 11 is 0. The van der Waals surface area contributed by atoms with Gasteiger partial charge >= 0.3 is 5.97 Å². The second-order valence-corrected chi connectivity index (χ2v) is 7.73. The second kappa shape index (κ2) is 10.1. The molecule has 2 aromatic rings. The Balaban J connectivity index is 2.70. The van der Waals surface area contributed by atoms with Crippen LogP contribution in [0.3, 0.4) is 0 Å². The molecule has 0 unspecified atom stereocenters. The lowest BCUT2D eigenvalue weighted by Crippen LogP contribution is -2.04. The van der Waals surface area contributed by atoms with Crippen LogP contribution in [-0.4, -0.2) is 22.7 Å². The molecule has 0 radical (unpaired) electrons. The first-order chi connectivity index (χ1) is 13.7. The van der Waals surface area contributed by atoms with Crippen LogP contribution in [0.15, 0.2) is 48.2 Å². The van der Waals surface area contributed by atoms with Gasteiger partial charge in [-0.25, -0.2) is 4.79 Å². The summed E-state index contributed by atoms with van der Waals surface area (Å²) in [5.41, 5.74) is 5.81. The third-order valence-corrected chi connectivity index (χ3v) is 4.69. The fourth-order valence-corrected chi connectivity index (χ4v) is 3.16. The number of hydrogen-bond acceptors (Lipinski definition) is 3. The maximum atomic E-state index is 10.9. The van der Waals surface area contributed by atoms with E-state index >= 15 is 0 Å². The first-order valence-electron chi connectivity index (χ1n) is 10.1. The van der Waals surface area contributed by atoms with Crippen molar-refractivity contribution < 1.29 is 14.6 Å². The molecule has 0 atom stereocenters. The van der Waals surface area contributed by atoms with Gasteiger partial charge in [-0.15, -0.1) is 0 Å². The molecule has 0 aliphatic rings. The van der Waals surface area contributed by atoms with Crippen LogP contribution in [0.4, 0.5) is 0 Å². The molecule has 0 fully saturated rings. The van der Waals surface area contributed by atoms with Gasteiger partial charge in [-0.2, -0.15) is 0 Å². The van der Waals surface area contributed by atoms with Gasteiger partial charge in [0.2, 0.25) is 0 Å². The number of nitrogens with zero attached hydrogens (tertiary/aromatic N) is 1. The Morgan fingerprint density at radius 3 is 2.52 bits per heavy atom. The molecular weight excluding hydrogens is 362 g/mol. The van der Waals surface area contributed by atoms with Crippen molar-refractivity contribution in [3.63, 3.8) is 0 Å². The number of hydrogen-bond donors (Lipinski definition) is 1. The predicted octanol–water partition coefficient (Wildman–Crippen LogP) is 6.44. The van der Waals surface area contributed by atoms with Gasteiger partial charge in [0.15, 0.2) is 0 Å². The minimum Gasteiger partial charge on any atom is -0.493 e. The number of carboxylic acid groups (broad SMARTS) is 1. The lowest BCUT2D eigenvalue weighted by molar-refractivity contribution is -0.131. The predicted molar refractivity (Wildman–Crippen MR) is 119 cm³/mol. The molecule has 1 N–H and O–H groups in total. The molecule has 0 aliphatic carbocycles. The zero-order chi connectivity index (χ0) is 21.6. The van der Waals surface area contributed by atoms with Gasteiger partial charge in [0.25, 0.3) is 0 Å². The van der Waals surface area contributed by atoms with Crippen molar-refractivity contribution in [3.8, 4) is 17.0 Å². The lowest BCUT2D eigenvalue weighted by Gasteiger charge is -2.21. The van der Waals surface area contributed by atoms with E-state index in [4.69, 9.17) is 9.84 Å². The van der Waals surface area contributed by atoms with Gasteiger partial charge in [-0.3, -0.25) is 4.98 Å². The molecule has 0 saturated carbocycles. The number of carboxylic acids is 1. The Kier molecular flexibility index (Phi) is 7.77. The van der Waals surface area contributed by atoms with Gasteiger partial charge in [0.1, 0.15) is 5.75 Å². The normalized spacial score (nSPS) is 12.2. The van der Waals surface area contributed by atoms with Crippen molar-refractivity contribution >= 4 is 12.0 Å². The quantitative estimate of drug-likeness (QED) is 0.414. The molecule has 1 aromatic heterocycles. The highest BCUT2D eigenvalue weighted by Crippen LogP contribution is 2.40. The first-order valence-corrected chi connectivity index (χ1v) is 10.1. The SMILES string of the molecule is CCOc1c(-c2ncccc2C=CC(C)=CC(=O)O)cc(C(C)C)cc1C(C)C. The van der Waals surface area contributed by atoms with E-state index in [1.807, 2.05) is 25.1 Å². The monoisotopic (exact) mass is 393 g/mol. The van der Waals surface area contributed by atoms with E-state index < -0.39 is 5.97 Å². The average molecular weight is 394 g/mol. The fraction of sp³-hybridized carbons (Fsp3) is 0.360. The highest BCUT2D eigenvalue weighted by molar-refractivity contribution is 5.82. The summed E-state index contributed by atoms with van der Waals surface area (Å²) in [4.78, 5) is 15.6. The molecule has 0 aliphatic heterocycles. The molecule has 154 valence electrons. The van der Waals surface area contributed by atoms with Crippen molar-refractivity contribution in [1.82, 2.24) is 4.98 Å². The highest BCUT2D eigenvalue weighted by atomic mass is 16.5. The van der Waals surface area contributed by atoms with Crippen LogP contribution in [-0.2, 0) is 4.79 Å². The Bertz CT molecular complexity index is 924. The number of ether oxygens (including phenoxy) is 1. The molecule has 0 bridgehead atoms. The van der Waals surface area contributed by atoms with Gasteiger partial charge in [0.05, 0.1) is 12.3 Å². The largest absolute Gasteiger partial charge is 0.493 e. The van der Waals surface area contributed by atoms with Crippen molar-refractivity contribution in [2.24, 2.45) is 0 Å². The van der Waals surface area contributed by atoms with Crippen molar-refractivity contribution in [3.05, 3.63) is 64.9 Å². The fourth-order valence-electron chi connectivity index (χ4n) is 3.16. The number of allylic oxidation sites excluding steroid dienone is 2. The second-order valence-electron chi connectivity index (χ2n) is 7.73. The Morgan fingerprint density at radius 2 is 1.93 bits per heavy atom. The molecule has 1 heterocycles. The van der Waals surface area contributed by atoms with Crippen LogP contribution in [0.25, 0.3) is 17.3 Å². The van der Waals surface area contributed by atoms with Crippen LogP contribution in [0.1, 0.15) is 70.1 Å². The number of benzene rings is 1. The molecule has 4 heteroatoms. The molecule has 0 saturated heterocycles. The summed E-state index contributed by atoms with van der Waals surface area (Å²) in [7, 11) is 0. The van der Waals surface area contributed by atoms with Crippen molar-refractivity contribution in [1.29, 1.82) is 0 Å². The third-order valence-electron chi connectivity index (χ3n) is 4.69. The molecule has 0 amide bonds. The Hall–Kier alpha value is -2.88. The summed E-state index contributed by atoms with van der Waals surface area (Å²) in [5, 5.41) is 8.93. The zero-order valence-corrected chi connectivity index (χ0v) is 18.2. The van der Waals surface area contributed by atoms with Gasteiger partial charge < -0.3 is 9.84 Å². The van der Waals surface area contributed by atoms with Gasteiger partial charge in [0, 0.05) is 23.4 Å². The molecule has 29 heavy (non-hydrogen) atoms. The van der Waals surface area contributed by atoms with Crippen LogP contribution in [0.5, 0.6) is 5.75 Å². The van der Waals surface area contributed by atoms with E-state index in [9.17, 15) is 4.79 Å². The summed E-state index contributed by atoms with van der Waals surface area (Å²) in [5.74, 6) is 0.615. The van der Waals surface area contributed by atoms with E-state index in [0.29, 0.717) is 24.0 Å². The molecular formula is C25H31NO3. The summed E-state index contributed by atoms with van der Waals surface area (Å²) in [6.45, 7) is 13.0. The highest BCUT2D eigenvalue weighted by Gasteiger charge is 2.19. The van der Waals surface area contributed by atoms with Crippen LogP contribution in [0.2, 0.25) is 0 Å². The lowest BCUT2D eigenvalue weighted by atomic mass is 9.90. The van der Waals surface area contributed by atoms with Gasteiger partial charge in [-0.05, 0) is 54.5 Å². The number of carbonyl (C=O) groups is 1. The van der Waals surface area contributed by atoms with E-state index in [0.717, 1.165) is 22.6 Å². The molecule has 4 nitrogen and oxygen atoms in total. The molecule has 1 aromatic carbocycles. The average Bonchev–Trinajstić information content (AvgIpc) is 2.66. The number of rotatable bonds is 8. The summed E-state index contributed by atoms with van der Waals surface area (Å²) in [6, 6.07) is 8.28. The topological polar surface area (TPSA) is 59.4 Å². The van der Waals surface area contributed by atoms with Crippen molar-refractivity contribution in [2.75, 3.05) is 6.61 Å².